The molecule has 8 heteroatoms. The van der Waals surface area contributed by atoms with Crippen LogP contribution in [0.3, 0.4) is 0 Å². The van der Waals surface area contributed by atoms with Crippen molar-refractivity contribution in [3.63, 3.8) is 0 Å². The predicted molar refractivity (Wildman–Crippen MR) is 92.1 cm³/mol. The number of rotatable bonds is 4. The molecule has 7 nitrogen and oxygen atoms in total. The highest BCUT2D eigenvalue weighted by Crippen LogP contribution is 2.21. The van der Waals surface area contributed by atoms with Crippen molar-refractivity contribution >= 4 is 17.5 Å². The maximum absolute atomic E-state index is 12.3. The van der Waals surface area contributed by atoms with E-state index in [-0.39, 0.29) is 5.91 Å². The van der Waals surface area contributed by atoms with Crippen LogP contribution >= 0.6 is 11.6 Å². The van der Waals surface area contributed by atoms with Gasteiger partial charge in [-0.15, -0.1) is 0 Å². The number of halogens is 1. The maximum atomic E-state index is 12.3. The molecule has 0 unspecified atom stereocenters. The fourth-order valence-electron chi connectivity index (χ4n) is 3.29. The number of morpholine rings is 1. The summed E-state index contributed by atoms with van der Waals surface area (Å²) in [4.78, 5) is 18.9. The van der Waals surface area contributed by atoms with Crippen molar-refractivity contribution in [1.29, 1.82) is 0 Å². The zero-order valence-electron chi connectivity index (χ0n) is 14.5. The average molecular weight is 356 g/mol. The molecule has 0 radical (unpaired) electrons. The van der Waals surface area contributed by atoms with Gasteiger partial charge >= 0.3 is 0 Å². The first kappa shape index (κ1) is 17.7. The quantitative estimate of drug-likeness (QED) is 0.780. The summed E-state index contributed by atoms with van der Waals surface area (Å²) in [5.41, 5.74) is 2.10. The van der Waals surface area contributed by atoms with E-state index >= 15 is 0 Å². The average Bonchev–Trinajstić information content (AvgIpc) is 2.83. The van der Waals surface area contributed by atoms with Crippen molar-refractivity contribution in [3.05, 3.63) is 16.4 Å². The number of aryl methyl sites for hydroxylation is 2. The van der Waals surface area contributed by atoms with Crippen LogP contribution in [-0.4, -0.2) is 89.4 Å². The Hall–Kier alpha value is -1.15. The lowest BCUT2D eigenvalue weighted by atomic mass is 10.2. The molecule has 3 rings (SSSR count). The van der Waals surface area contributed by atoms with Crippen molar-refractivity contribution in [2.45, 2.75) is 13.5 Å². The second-order valence-electron chi connectivity index (χ2n) is 6.52. The molecule has 1 aromatic heterocycles. The topological polar surface area (TPSA) is 53.8 Å². The number of hydrogen-bond donors (Lipinski definition) is 0. The van der Waals surface area contributed by atoms with E-state index < -0.39 is 0 Å². The lowest BCUT2D eigenvalue weighted by Crippen LogP contribution is -2.51. The van der Waals surface area contributed by atoms with Gasteiger partial charge in [0, 0.05) is 58.4 Å². The van der Waals surface area contributed by atoms with Gasteiger partial charge in [-0.05, 0) is 6.92 Å². The summed E-state index contributed by atoms with van der Waals surface area (Å²) in [6.07, 6.45) is 0. The van der Waals surface area contributed by atoms with Gasteiger partial charge in [0.15, 0.2) is 0 Å². The molecular weight excluding hydrogens is 330 g/mol. The van der Waals surface area contributed by atoms with Gasteiger partial charge in [0.2, 0.25) is 5.91 Å². The molecule has 2 fully saturated rings. The number of carbonyl (C=O) groups is 1. The molecule has 0 bridgehead atoms. The first-order chi connectivity index (χ1) is 11.5. The lowest BCUT2D eigenvalue weighted by Gasteiger charge is -2.36. The van der Waals surface area contributed by atoms with Gasteiger partial charge in [0.1, 0.15) is 5.15 Å². The highest BCUT2D eigenvalue weighted by Gasteiger charge is 2.24. The van der Waals surface area contributed by atoms with Crippen LogP contribution in [0.25, 0.3) is 0 Å². The molecular formula is C16H26ClN5O2. The third-order valence-electron chi connectivity index (χ3n) is 4.84. The standard InChI is InChI=1S/C16H26ClN5O2/c1-13-14(16(17)19(2)18-13)11-20-3-5-21(6-4-20)12-15(23)22-7-9-24-10-8-22/h3-12H2,1-2H3. The van der Waals surface area contributed by atoms with Gasteiger partial charge in [0.05, 0.1) is 25.5 Å². The molecule has 2 saturated heterocycles. The normalized spacial score (nSPS) is 20.5. The van der Waals surface area contributed by atoms with E-state index in [9.17, 15) is 4.79 Å². The van der Waals surface area contributed by atoms with Crippen molar-refractivity contribution in [1.82, 2.24) is 24.5 Å². The van der Waals surface area contributed by atoms with Gasteiger partial charge in [-0.25, -0.2) is 0 Å². The Labute approximate surface area is 148 Å². The number of piperazine rings is 1. The molecule has 24 heavy (non-hydrogen) atoms. The van der Waals surface area contributed by atoms with Crippen molar-refractivity contribution in [3.8, 4) is 0 Å². The number of amides is 1. The molecule has 0 N–H and O–H groups in total. The fourth-order valence-corrected chi connectivity index (χ4v) is 3.52. The van der Waals surface area contributed by atoms with Gasteiger partial charge in [-0.3, -0.25) is 19.3 Å². The van der Waals surface area contributed by atoms with E-state index in [0.717, 1.165) is 62.2 Å². The number of hydrogen-bond acceptors (Lipinski definition) is 5. The Bertz CT molecular complexity index is 577. The maximum Gasteiger partial charge on any atom is 0.236 e. The summed E-state index contributed by atoms with van der Waals surface area (Å²) in [5, 5.41) is 5.09. The molecule has 3 heterocycles. The van der Waals surface area contributed by atoms with Gasteiger partial charge in [-0.2, -0.15) is 5.10 Å². The third-order valence-corrected chi connectivity index (χ3v) is 5.31. The van der Waals surface area contributed by atoms with Crippen molar-refractivity contribution in [2.75, 3.05) is 59.0 Å². The zero-order chi connectivity index (χ0) is 17.1. The van der Waals surface area contributed by atoms with Crippen LogP contribution in [0, 0.1) is 6.92 Å². The largest absolute Gasteiger partial charge is 0.378 e. The minimum atomic E-state index is 0.220. The SMILES string of the molecule is Cc1nn(C)c(Cl)c1CN1CCN(CC(=O)N2CCOCC2)CC1. The molecule has 0 aliphatic carbocycles. The molecule has 0 saturated carbocycles. The first-order valence-electron chi connectivity index (χ1n) is 8.53. The molecule has 0 aromatic carbocycles. The number of aromatic nitrogens is 2. The number of carbonyl (C=O) groups excluding carboxylic acids is 1. The molecule has 2 aliphatic heterocycles. The van der Waals surface area contributed by atoms with Crippen LogP contribution in [0.2, 0.25) is 5.15 Å². The van der Waals surface area contributed by atoms with Crippen LogP contribution in [0.5, 0.6) is 0 Å². The van der Waals surface area contributed by atoms with Crippen LogP contribution in [-0.2, 0) is 23.1 Å². The van der Waals surface area contributed by atoms with Gasteiger partial charge < -0.3 is 9.64 Å². The summed E-state index contributed by atoms with van der Waals surface area (Å²) >= 11 is 6.32. The van der Waals surface area contributed by atoms with E-state index in [4.69, 9.17) is 16.3 Å². The Balaban J connectivity index is 1.46. The lowest BCUT2D eigenvalue weighted by molar-refractivity contribution is -0.136. The Morgan fingerprint density at radius 3 is 2.33 bits per heavy atom. The zero-order valence-corrected chi connectivity index (χ0v) is 15.3. The van der Waals surface area contributed by atoms with E-state index in [1.165, 1.54) is 0 Å². The summed E-state index contributed by atoms with van der Waals surface area (Å²) in [5.74, 6) is 0.220. The Morgan fingerprint density at radius 2 is 1.75 bits per heavy atom. The second-order valence-corrected chi connectivity index (χ2v) is 6.88. The van der Waals surface area contributed by atoms with Crippen molar-refractivity contribution in [2.24, 2.45) is 7.05 Å². The third kappa shape index (κ3) is 4.08. The molecule has 1 amide bonds. The van der Waals surface area contributed by atoms with Gasteiger partial charge in [-0.1, -0.05) is 11.6 Å². The molecule has 1 aromatic rings. The minimum absolute atomic E-state index is 0.220. The molecule has 0 atom stereocenters. The summed E-state index contributed by atoms with van der Waals surface area (Å²) in [6, 6.07) is 0. The van der Waals surface area contributed by atoms with E-state index in [1.54, 1.807) is 4.68 Å². The highest BCUT2D eigenvalue weighted by molar-refractivity contribution is 6.30. The van der Waals surface area contributed by atoms with E-state index in [0.29, 0.717) is 19.8 Å². The van der Waals surface area contributed by atoms with Crippen LogP contribution in [0.15, 0.2) is 0 Å². The van der Waals surface area contributed by atoms with E-state index in [2.05, 4.69) is 14.9 Å². The number of nitrogens with zero attached hydrogens (tertiary/aromatic N) is 5. The summed E-state index contributed by atoms with van der Waals surface area (Å²) in [7, 11) is 1.87. The molecule has 134 valence electrons. The summed E-state index contributed by atoms with van der Waals surface area (Å²) < 4.78 is 7.03. The van der Waals surface area contributed by atoms with E-state index in [1.807, 2.05) is 18.9 Å². The van der Waals surface area contributed by atoms with Crippen LogP contribution in [0.1, 0.15) is 11.3 Å². The Morgan fingerprint density at radius 1 is 1.12 bits per heavy atom. The van der Waals surface area contributed by atoms with Crippen LogP contribution < -0.4 is 0 Å². The molecule has 2 aliphatic rings. The van der Waals surface area contributed by atoms with Crippen molar-refractivity contribution < 1.29 is 9.53 Å². The minimum Gasteiger partial charge on any atom is -0.378 e. The Kier molecular flexibility index (Phi) is 5.76. The molecule has 0 spiro atoms. The highest BCUT2D eigenvalue weighted by atomic mass is 35.5. The predicted octanol–water partition coefficient (Wildman–Crippen LogP) is 0.358. The second kappa shape index (κ2) is 7.82. The van der Waals surface area contributed by atoms with Crippen LogP contribution in [0.4, 0.5) is 0 Å². The first-order valence-corrected chi connectivity index (χ1v) is 8.90. The summed E-state index contributed by atoms with van der Waals surface area (Å²) in [6.45, 7) is 9.80. The smallest absolute Gasteiger partial charge is 0.236 e. The monoisotopic (exact) mass is 355 g/mol. The fraction of sp³-hybridized carbons (Fsp3) is 0.750. The van der Waals surface area contributed by atoms with Gasteiger partial charge in [0.25, 0.3) is 0 Å². The number of ether oxygens (including phenoxy) is 1.